The van der Waals surface area contributed by atoms with Crippen LogP contribution in [0.1, 0.15) is 19.1 Å². The van der Waals surface area contributed by atoms with E-state index in [-0.39, 0.29) is 17.7 Å². The third-order valence-electron chi connectivity index (χ3n) is 4.62. The van der Waals surface area contributed by atoms with Crippen molar-refractivity contribution in [2.24, 2.45) is 5.92 Å². The van der Waals surface area contributed by atoms with Gasteiger partial charge in [-0.25, -0.2) is 0 Å². The number of hydrogen-bond acceptors (Lipinski definition) is 4. The van der Waals surface area contributed by atoms with Crippen molar-refractivity contribution in [1.82, 2.24) is 14.7 Å². The minimum Gasteiger partial charge on any atom is -0.467 e. The zero-order chi connectivity index (χ0) is 15.5. The van der Waals surface area contributed by atoms with Crippen molar-refractivity contribution in [3.05, 3.63) is 24.2 Å². The lowest BCUT2D eigenvalue weighted by atomic mass is 10.1. The lowest BCUT2D eigenvalue weighted by Crippen LogP contribution is -2.50. The van der Waals surface area contributed by atoms with Crippen LogP contribution in [0, 0.1) is 5.92 Å². The lowest BCUT2D eigenvalue weighted by Gasteiger charge is -2.35. The highest BCUT2D eigenvalue weighted by atomic mass is 16.3. The summed E-state index contributed by atoms with van der Waals surface area (Å²) < 4.78 is 5.29. The normalized spacial score (nSPS) is 23.3. The van der Waals surface area contributed by atoms with Crippen molar-refractivity contribution in [1.29, 1.82) is 0 Å². The van der Waals surface area contributed by atoms with E-state index in [1.807, 2.05) is 17.0 Å². The lowest BCUT2D eigenvalue weighted by molar-refractivity contribution is -0.137. The van der Waals surface area contributed by atoms with E-state index in [0.29, 0.717) is 19.5 Å². The van der Waals surface area contributed by atoms with E-state index in [1.165, 1.54) is 0 Å². The molecule has 2 fully saturated rings. The molecule has 1 unspecified atom stereocenters. The average Bonchev–Trinajstić information content (AvgIpc) is 3.18. The Morgan fingerprint density at radius 2 is 2.09 bits per heavy atom. The molecule has 0 radical (unpaired) electrons. The Morgan fingerprint density at radius 1 is 1.32 bits per heavy atom. The van der Waals surface area contributed by atoms with Gasteiger partial charge < -0.3 is 19.1 Å². The third-order valence-corrected chi connectivity index (χ3v) is 4.62. The summed E-state index contributed by atoms with van der Waals surface area (Å²) >= 11 is 0. The van der Waals surface area contributed by atoms with Gasteiger partial charge in [0.25, 0.3) is 0 Å². The van der Waals surface area contributed by atoms with E-state index in [1.54, 1.807) is 11.2 Å². The fourth-order valence-electron chi connectivity index (χ4n) is 3.22. The Balaban J connectivity index is 1.55. The summed E-state index contributed by atoms with van der Waals surface area (Å²) in [5.41, 5.74) is 0. The second-order valence-electron chi connectivity index (χ2n) is 6.01. The molecule has 3 heterocycles. The molecule has 6 heteroatoms. The van der Waals surface area contributed by atoms with Crippen LogP contribution in [-0.4, -0.2) is 65.8 Å². The van der Waals surface area contributed by atoms with E-state index >= 15 is 0 Å². The first-order chi connectivity index (χ1) is 10.7. The second kappa shape index (κ2) is 6.52. The summed E-state index contributed by atoms with van der Waals surface area (Å²) in [6.45, 7) is 7.54. The van der Waals surface area contributed by atoms with Crippen molar-refractivity contribution < 1.29 is 14.0 Å². The van der Waals surface area contributed by atoms with Crippen LogP contribution in [0.4, 0.5) is 0 Å². The Bertz CT molecular complexity index is 521. The van der Waals surface area contributed by atoms with Gasteiger partial charge in [0.1, 0.15) is 5.76 Å². The highest BCUT2D eigenvalue weighted by Crippen LogP contribution is 2.23. The first kappa shape index (κ1) is 15.1. The van der Waals surface area contributed by atoms with Gasteiger partial charge in [-0.05, 0) is 18.7 Å². The molecule has 0 bridgehead atoms. The fraction of sp³-hybridized carbons (Fsp3) is 0.625. The summed E-state index contributed by atoms with van der Waals surface area (Å²) in [6.07, 6.45) is 1.93. The monoisotopic (exact) mass is 305 g/mol. The molecule has 120 valence electrons. The first-order valence-corrected chi connectivity index (χ1v) is 7.98. The second-order valence-corrected chi connectivity index (χ2v) is 6.01. The molecule has 1 atom stereocenters. The molecule has 0 aliphatic carbocycles. The molecule has 1 aromatic heterocycles. The number of nitrogens with zero attached hydrogens (tertiary/aromatic N) is 3. The van der Waals surface area contributed by atoms with Gasteiger partial charge in [0, 0.05) is 39.1 Å². The summed E-state index contributed by atoms with van der Waals surface area (Å²) in [6, 6.07) is 3.66. The van der Waals surface area contributed by atoms with Gasteiger partial charge in [0.15, 0.2) is 0 Å². The average molecular weight is 305 g/mol. The number of furan rings is 1. The van der Waals surface area contributed by atoms with E-state index in [0.717, 1.165) is 38.5 Å². The summed E-state index contributed by atoms with van der Waals surface area (Å²) in [4.78, 5) is 30.7. The fourth-order valence-corrected chi connectivity index (χ4v) is 3.22. The standard InChI is InChI=1S/C16H23N3O3/c1-2-17-5-7-18(8-6-17)16(21)13-10-15(20)19(11-13)12-14-4-3-9-22-14/h3-4,9,13H,2,5-8,10-12H2,1H3. The summed E-state index contributed by atoms with van der Waals surface area (Å²) in [7, 11) is 0. The molecule has 22 heavy (non-hydrogen) atoms. The number of amides is 2. The number of likely N-dealkylation sites (N-methyl/N-ethyl adjacent to an activating group) is 1. The maximum absolute atomic E-state index is 12.6. The van der Waals surface area contributed by atoms with Crippen molar-refractivity contribution in [2.75, 3.05) is 39.3 Å². The highest BCUT2D eigenvalue weighted by Gasteiger charge is 2.37. The van der Waals surface area contributed by atoms with Gasteiger partial charge in [-0.15, -0.1) is 0 Å². The van der Waals surface area contributed by atoms with Crippen LogP contribution < -0.4 is 0 Å². The molecule has 0 N–H and O–H groups in total. The smallest absolute Gasteiger partial charge is 0.228 e. The minimum absolute atomic E-state index is 0.0435. The molecular formula is C16H23N3O3. The van der Waals surface area contributed by atoms with Crippen molar-refractivity contribution in [2.45, 2.75) is 19.9 Å². The number of hydrogen-bond donors (Lipinski definition) is 0. The number of piperazine rings is 1. The molecular weight excluding hydrogens is 282 g/mol. The Labute approximate surface area is 130 Å². The summed E-state index contributed by atoms with van der Waals surface area (Å²) in [5, 5.41) is 0. The molecule has 1 aromatic rings. The Hall–Kier alpha value is -1.82. The van der Waals surface area contributed by atoms with Gasteiger partial charge in [-0.2, -0.15) is 0 Å². The van der Waals surface area contributed by atoms with Crippen LogP contribution >= 0.6 is 0 Å². The van der Waals surface area contributed by atoms with Crippen molar-refractivity contribution in [3.63, 3.8) is 0 Å². The number of rotatable bonds is 4. The summed E-state index contributed by atoms with van der Waals surface area (Å²) in [5.74, 6) is 0.738. The molecule has 2 aliphatic rings. The highest BCUT2D eigenvalue weighted by molar-refractivity contribution is 5.89. The molecule has 0 saturated carbocycles. The largest absolute Gasteiger partial charge is 0.467 e. The maximum Gasteiger partial charge on any atom is 0.228 e. The van der Waals surface area contributed by atoms with E-state index < -0.39 is 0 Å². The predicted octanol–water partition coefficient (Wildman–Crippen LogP) is 0.792. The Morgan fingerprint density at radius 3 is 2.73 bits per heavy atom. The Kier molecular flexibility index (Phi) is 4.47. The van der Waals surface area contributed by atoms with Crippen LogP contribution in [0.2, 0.25) is 0 Å². The van der Waals surface area contributed by atoms with Crippen LogP contribution in [-0.2, 0) is 16.1 Å². The van der Waals surface area contributed by atoms with Crippen LogP contribution in [0.15, 0.2) is 22.8 Å². The molecule has 2 aliphatic heterocycles. The predicted molar refractivity (Wildman–Crippen MR) is 80.9 cm³/mol. The van der Waals surface area contributed by atoms with Crippen LogP contribution in [0.25, 0.3) is 0 Å². The molecule has 2 amide bonds. The molecule has 0 aromatic carbocycles. The topological polar surface area (TPSA) is 57.0 Å². The quantitative estimate of drug-likeness (QED) is 0.825. The number of carbonyl (C=O) groups excluding carboxylic acids is 2. The molecule has 2 saturated heterocycles. The van der Waals surface area contributed by atoms with Gasteiger partial charge >= 0.3 is 0 Å². The van der Waals surface area contributed by atoms with Gasteiger partial charge in [-0.1, -0.05) is 6.92 Å². The third kappa shape index (κ3) is 3.16. The van der Waals surface area contributed by atoms with E-state index in [4.69, 9.17) is 4.42 Å². The SMILES string of the molecule is CCN1CCN(C(=O)C2CC(=O)N(Cc3ccco3)C2)CC1. The number of carbonyl (C=O) groups is 2. The first-order valence-electron chi connectivity index (χ1n) is 7.98. The van der Waals surface area contributed by atoms with Crippen molar-refractivity contribution in [3.8, 4) is 0 Å². The molecule has 3 rings (SSSR count). The zero-order valence-corrected chi connectivity index (χ0v) is 13.0. The van der Waals surface area contributed by atoms with E-state index in [2.05, 4.69) is 11.8 Å². The van der Waals surface area contributed by atoms with Gasteiger partial charge in [-0.3, -0.25) is 9.59 Å². The van der Waals surface area contributed by atoms with E-state index in [9.17, 15) is 9.59 Å². The van der Waals surface area contributed by atoms with Crippen molar-refractivity contribution >= 4 is 11.8 Å². The van der Waals surface area contributed by atoms with Gasteiger partial charge in [0.2, 0.25) is 11.8 Å². The molecule has 0 spiro atoms. The maximum atomic E-state index is 12.6. The van der Waals surface area contributed by atoms with Crippen LogP contribution in [0.5, 0.6) is 0 Å². The van der Waals surface area contributed by atoms with Gasteiger partial charge in [0.05, 0.1) is 18.7 Å². The number of likely N-dealkylation sites (tertiary alicyclic amines) is 1. The zero-order valence-electron chi connectivity index (χ0n) is 13.0. The van der Waals surface area contributed by atoms with Crippen LogP contribution in [0.3, 0.4) is 0 Å². The minimum atomic E-state index is -0.198. The molecule has 6 nitrogen and oxygen atoms in total.